The molecule has 0 atom stereocenters. The number of hydrogen-bond donors (Lipinski definition) is 1. The number of morpholine rings is 1. The molecule has 1 saturated heterocycles. The molecule has 3 aromatic rings. The first-order valence-corrected chi connectivity index (χ1v) is 11.0. The van der Waals surface area contributed by atoms with Gasteiger partial charge in [0.25, 0.3) is 0 Å². The molecule has 1 saturated carbocycles. The van der Waals surface area contributed by atoms with E-state index in [1.165, 1.54) is 0 Å². The van der Waals surface area contributed by atoms with E-state index < -0.39 is 0 Å². The van der Waals surface area contributed by atoms with Gasteiger partial charge in [0.15, 0.2) is 0 Å². The van der Waals surface area contributed by atoms with E-state index in [1.54, 1.807) is 12.4 Å². The van der Waals surface area contributed by atoms with Crippen molar-refractivity contribution >= 4 is 22.7 Å². The van der Waals surface area contributed by atoms with E-state index >= 15 is 0 Å². The van der Waals surface area contributed by atoms with Crippen molar-refractivity contribution < 1.29 is 9.47 Å². The van der Waals surface area contributed by atoms with Gasteiger partial charge in [0.2, 0.25) is 11.8 Å². The standard InChI is InChI=1S/C23H28N6O2/c1-16-13-19-20(26-15-16)14-21(29-9-11-30-12-10-29)28-22(19)31-18-5-3-17(4-6-18)27-23-24-7-2-8-25-23/h2,7-8,13-15,17-18H,3-6,9-12H2,1H3,(H,24,25,27)/t17-,18+. The summed E-state index contributed by atoms with van der Waals surface area (Å²) in [6.07, 6.45) is 9.53. The van der Waals surface area contributed by atoms with Gasteiger partial charge in [0.1, 0.15) is 11.9 Å². The van der Waals surface area contributed by atoms with Crippen LogP contribution in [0, 0.1) is 6.92 Å². The zero-order valence-electron chi connectivity index (χ0n) is 17.8. The number of hydrogen-bond acceptors (Lipinski definition) is 8. The maximum absolute atomic E-state index is 6.49. The van der Waals surface area contributed by atoms with Gasteiger partial charge in [-0.2, -0.15) is 4.98 Å². The molecule has 0 bridgehead atoms. The topological polar surface area (TPSA) is 85.3 Å². The zero-order chi connectivity index (χ0) is 21.0. The van der Waals surface area contributed by atoms with E-state index in [0.717, 1.165) is 74.3 Å². The minimum absolute atomic E-state index is 0.144. The average Bonchev–Trinajstić information content (AvgIpc) is 2.82. The Bertz CT molecular complexity index is 1020. The summed E-state index contributed by atoms with van der Waals surface area (Å²) in [6.45, 7) is 5.16. The van der Waals surface area contributed by atoms with Gasteiger partial charge < -0.3 is 19.7 Å². The van der Waals surface area contributed by atoms with E-state index in [9.17, 15) is 0 Å². The first-order valence-electron chi connectivity index (χ1n) is 11.0. The second kappa shape index (κ2) is 9.01. The second-order valence-corrected chi connectivity index (χ2v) is 8.27. The average molecular weight is 421 g/mol. The molecule has 0 aromatic carbocycles. The number of nitrogens with one attached hydrogen (secondary N) is 1. The molecular formula is C23H28N6O2. The van der Waals surface area contributed by atoms with Crippen LogP contribution in [0.4, 0.5) is 11.8 Å². The third kappa shape index (κ3) is 4.69. The van der Waals surface area contributed by atoms with Crippen LogP contribution in [0.5, 0.6) is 5.88 Å². The Morgan fingerprint density at radius 2 is 1.81 bits per heavy atom. The smallest absolute Gasteiger partial charge is 0.225 e. The Balaban J connectivity index is 1.31. The molecule has 1 aliphatic heterocycles. The summed E-state index contributed by atoms with van der Waals surface area (Å²) < 4.78 is 12.0. The van der Waals surface area contributed by atoms with Crippen molar-refractivity contribution in [2.75, 3.05) is 36.5 Å². The molecule has 162 valence electrons. The number of aromatic nitrogens is 4. The molecule has 2 aliphatic rings. The molecule has 8 nitrogen and oxygen atoms in total. The molecule has 0 unspecified atom stereocenters. The maximum Gasteiger partial charge on any atom is 0.225 e. The fourth-order valence-corrected chi connectivity index (χ4v) is 4.27. The number of anilines is 2. The Labute approximate surface area is 182 Å². The van der Waals surface area contributed by atoms with Crippen LogP contribution in [0.1, 0.15) is 31.2 Å². The van der Waals surface area contributed by atoms with Gasteiger partial charge in [-0.3, -0.25) is 4.98 Å². The number of ether oxygens (including phenoxy) is 2. The van der Waals surface area contributed by atoms with Gasteiger partial charge in [-0.1, -0.05) is 0 Å². The Hall–Kier alpha value is -3.00. The number of nitrogens with zero attached hydrogens (tertiary/aromatic N) is 5. The van der Waals surface area contributed by atoms with Crippen molar-refractivity contribution in [3.05, 3.63) is 42.4 Å². The molecule has 0 amide bonds. The monoisotopic (exact) mass is 420 g/mol. The van der Waals surface area contributed by atoms with Crippen molar-refractivity contribution in [3.63, 3.8) is 0 Å². The van der Waals surface area contributed by atoms with Crippen LogP contribution >= 0.6 is 0 Å². The highest BCUT2D eigenvalue weighted by atomic mass is 16.5. The van der Waals surface area contributed by atoms with Gasteiger partial charge in [-0.25, -0.2) is 9.97 Å². The summed E-state index contributed by atoms with van der Waals surface area (Å²) in [5, 5.41) is 4.41. The quantitative estimate of drug-likeness (QED) is 0.673. The second-order valence-electron chi connectivity index (χ2n) is 8.27. The Morgan fingerprint density at radius 1 is 1.03 bits per heavy atom. The molecule has 0 spiro atoms. The molecule has 4 heterocycles. The summed E-state index contributed by atoms with van der Waals surface area (Å²) in [5.41, 5.74) is 2.03. The fourth-order valence-electron chi connectivity index (χ4n) is 4.27. The lowest BCUT2D eigenvalue weighted by Gasteiger charge is -2.31. The molecular weight excluding hydrogens is 392 g/mol. The SMILES string of the molecule is Cc1cnc2cc(N3CCOCC3)nc(O[C@H]3CC[C@@H](Nc4ncccn4)CC3)c2c1. The fraction of sp³-hybridized carbons (Fsp3) is 0.478. The summed E-state index contributed by atoms with van der Waals surface area (Å²) in [4.78, 5) is 20.4. The van der Waals surface area contributed by atoms with Crippen LogP contribution in [0.15, 0.2) is 36.8 Å². The van der Waals surface area contributed by atoms with Gasteiger partial charge in [-0.15, -0.1) is 0 Å². The number of aryl methyl sites for hydroxylation is 1. The Morgan fingerprint density at radius 3 is 2.58 bits per heavy atom. The first-order chi connectivity index (χ1) is 15.2. The normalized spacial score (nSPS) is 21.8. The number of rotatable bonds is 5. The molecule has 0 radical (unpaired) electrons. The minimum atomic E-state index is 0.144. The van der Waals surface area contributed by atoms with E-state index in [0.29, 0.717) is 17.9 Å². The van der Waals surface area contributed by atoms with Gasteiger partial charge in [0, 0.05) is 43.8 Å². The van der Waals surface area contributed by atoms with E-state index in [1.807, 2.05) is 12.3 Å². The summed E-state index contributed by atoms with van der Waals surface area (Å²) in [6, 6.07) is 6.38. The summed E-state index contributed by atoms with van der Waals surface area (Å²) >= 11 is 0. The van der Waals surface area contributed by atoms with Crippen molar-refractivity contribution in [3.8, 4) is 5.88 Å². The molecule has 3 aromatic heterocycles. The number of pyridine rings is 2. The highest BCUT2D eigenvalue weighted by Gasteiger charge is 2.25. The van der Waals surface area contributed by atoms with Crippen LogP contribution in [0.25, 0.3) is 10.9 Å². The Kier molecular flexibility index (Phi) is 5.80. The lowest BCUT2D eigenvalue weighted by atomic mass is 9.93. The van der Waals surface area contributed by atoms with Crippen molar-refractivity contribution in [2.45, 2.75) is 44.8 Å². The van der Waals surface area contributed by atoms with Gasteiger partial charge in [0.05, 0.1) is 24.1 Å². The first kappa shape index (κ1) is 19.9. The minimum Gasteiger partial charge on any atom is -0.474 e. The van der Waals surface area contributed by atoms with E-state index in [-0.39, 0.29) is 6.10 Å². The molecule has 1 aliphatic carbocycles. The third-order valence-corrected chi connectivity index (χ3v) is 5.95. The number of fused-ring (bicyclic) bond motifs is 1. The largest absolute Gasteiger partial charge is 0.474 e. The van der Waals surface area contributed by atoms with E-state index in [2.05, 4.69) is 44.2 Å². The molecule has 1 N–H and O–H groups in total. The highest BCUT2D eigenvalue weighted by molar-refractivity contribution is 5.86. The van der Waals surface area contributed by atoms with Crippen molar-refractivity contribution in [1.82, 2.24) is 19.9 Å². The van der Waals surface area contributed by atoms with Crippen LogP contribution in [0.2, 0.25) is 0 Å². The molecule has 31 heavy (non-hydrogen) atoms. The lowest BCUT2D eigenvalue weighted by molar-refractivity contribution is 0.122. The molecule has 5 rings (SSSR count). The van der Waals surface area contributed by atoms with Gasteiger partial charge in [-0.05, 0) is 50.3 Å². The summed E-state index contributed by atoms with van der Waals surface area (Å²) in [7, 11) is 0. The predicted octanol–water partition coefficient (Wildman–Crippen LogP) is 3.37. The molecule has 8 heteroatoms. The maximum atomic E-state index is 6.49. The molecule has 2 fully saturated rings. The predicted molar refractivity (Wildman–Crippen MR) is 120 cm³/mol. The van der Waals surface area contributed by atoms with Crippen LogP contribution in [-0.2, 0) is 4.74 Å². The van der Waals surface area contributed by atoms with Crippen LogP contribution in [0.3, 0.4) is 0 Å². The van der Waals surface area contributed by atoms with Gasteiger partial charge >= 0.3 is 0 Å². The van der Waals surface area contributed by atoms with Crippen LogP contribution < -0.4 is 15.0 Å². The third-order valence-electron chi connectivity index (χ3n) is 5.95. The lowest BCUT2D eigenvalue weighted by Crippen LogP contribution is -2.37. The van der Waals surface area contributed by atoms with Crippen molar-refractivity contribution in [2.24, 2.45) is 0 Å². The van der Waals surface area contributed by atoms with Crippen LogP contribution in [-0.4, -0.2) is 58.4 Å². The summed E-state index contributed by atoms with van der Waals surface area (Å²) in [5.74, 6) is 2.30. The van der Waals surface area contributed by atoms with Crippen molar-refractivity contribution in [1.29, 1.82) is 0 Å². The van der Waals surface area contributed by atoms with E-state index in [4.69, 9.17) is 14.5 Å². The highest BCUT2D eigenvalue weighted by Crippen LogP contribution is 2.31. The zero-order valence-corrected chi connectivity index (χ0v) is 17.8.